The van der Waals surface area contributed by atoms with Crippen LogP contribution in [0.15, 0.2) is 18.2 Å². The number of benzene rings is 1. The maximum Gasteiger partial charge on any atom is 0.253 e. The molecular weight excluding hydrogens is 316 g/mol. The van der Waals surface area contributed by atoms with Gasteiger partial charge < -0.3 is 14.5 Å². The lowest BCUT2D eigenvalue weighted by atomic mass is 9.84. The van der Waals surface area contributed by atoms with E-state index >= 15 is 0 Å². The lowest BCUT2D eigenvalue weighted by molar-refractivity contribution is -0.138. The summed E-state index contributed by atoms with van der Waals surface area (Å²) in [6.45, 7) is 3.55. The van der Waals surface area contributed by atoms with Crippen LogP contribution < -0.4 is 4.74 Å². The third kappa shape index (κ3) is 3.37. The van der Waals surface area contributed by atoms with E-state index in [2.05, 4.69) is 0 Å². The molecular formula is C20H26N2O3. The number of nitrogens with zero attached hydrogens (tertiary/aromatic N) is 2. The fourth-order valence-electron chi connectivity index (χ4n) is 3.93. The molecule has 0 bridgehead atoms. The molecule has 0 aromatic heterocycles. The number of rotatable bonds is 2. The van der Waals surface area contributed by atoms with Gasteiger partial charge in [0.15, 0.2) is 0 Å². The molecule has 5 heteroatoms. The van der Waals surface area contributed by atoms with Crippen LogP contribution in [0.4, 0.5) is 0 Å². The maximum atomic E-state index is 12.9. The van der Waals surface area contributed by atoms with E-state index in [4.69, 9.17) is 4.74 Å². The van der Waals surface area contributed by atoms with Crippen LogP contribution in [0, 0.1) is 5.92 Å². The highest BCUT2D eigenvalue weighted by molar-refractivity contribution is 5.94. The van der Waals surface area contributed by atoms with Crippen LogP contribution in [0.1, 0.15) is 48.0 Å². The first-order chi connectivity index (χ1) is 12.2. The number of fused-ring (bicyclic) bond motifs is 1. The molecule has 2 fully saturated rings. The highest BCUT2D eigenvalue weighted by atomic mass is 16.5. The van der Waals surface area contributed by atoms with Crippen LogP contribution in [-0.4, -0.2) is 54.4 Å². The Morgan fingerprint density at radius 1 is 0.960 bits per heavy atom. The highest BCUT2D eigenvalue weighted by Gasteiger charge is 2.31. The fraction of sp³-hybridized carbons (Fsp3) is 0.600. The Balaban J connectivity index is 1.41. The van der Waals surface area contributed by atoms with E-state index in [1.807, 2.05) is 28.0 Å². The van der Waals surface area contributed by atoms with Crippen LogP contribution in [-0.2, 0) is 11.2 Å². The molecule has 0 N–H and O–H groups in total. The summed E-state index contributed by atoms with van der Waals surface area (Å²) < 4.78 is 5.63. The summed E-state index contributed by atoms with van der Waals surface area (Å²) in [4.78, 5) is 29.2. The van der Waals surface area contributed by atoms with Gasteiger partial charge in [-0.2, -0.15) is 0 Å². The maximum absolute atomic E-state index is 12.9. The minimum absolute atomic E-state index is 0.0753. The van der Waals surface area contributed by atoms with E-state index in [1.165, 1.54) is 6.42 Å². The Kier molecular flexibility index (Phi) is 4.64. The number of carbonyl (C=O) groups excluding carboxylic acids is 2. The van der Waals surface area contributed by atoms with E-state index in [9.17, 15) is 9.59 Å². The molecule has 2 aliphatic heterocycles. The smallest absolute Gasteiger partial charge is 0.253 e. The average molecular weight is 342 g/mol. The Morgan fingerprint density at radius 2 is 1.76 bits per heavy atom. The largest absolute Gasteiger partial charge is 0.493 e. The molecule has 2 amide bonds. The monoisotopic (exact) mass is 342 g/mol. The molecule has 0 atom stereocenters. The van der Waals surface area contributed by atoms with E-state index < -0.39 is 0 Å². The van der Waals surface area contributed by atoms with Crippen molar-refractivity contribution < 1.29 is 14.3 Å². The van der Waals surface area contributed by atoms with Crippen molar-refractivity contribution in [3.63, 3.8) is 0 Å². The first kappa shape index (κ1) is 16.4. The number of ether oxygens (including phenoxy) is 1. The number of aryl methyl sites for hydroxylation is 1. The third-order valence-electron chi connectivity index (χ3n) is 5.70. The molecule has 0 spiro atoms. The minimum Gasteiger partial charge on any atom is -0.493 e. The first-order valence-electron chi connectivity index (χ1n) is 9.56. The van der Waals surface area contributed by atoms with Crippen molar-refractivity contribution >= 4 is 11.8 Å². The Hall–Kier alpha value is -2.04. The molecule has 1 aromatic carbocycles. The normalized spacial score (nSPS) is 21.0. The molecule has 1 saturated carbocycles. The standard InChI is InChI=1S/C20H26N2O3/c23-19(15-4-1-5-15)21-9-3-10-22(12-11-21)20(24)17-7-8-18-16(14-17)6-2-13-25-18/h7-8,14-15H,1-6,9-13H2. The van der Waals surface area contributed by atoms with Crippen LogP contribution in [0.2, 0.25) is 0 Å². The topological polar surface area (TPSA) is 49.9 Å². The van der Waals surface area contributed by atoms with E-state index in [1.54, 1.807) is 0 Å². The first-order valence-corrected chi connectivity index (χ1v) is 9.56. The molecule has 25 heavy (non-hydrogen) atoms. The summed E-state index contributed by atoms with van der Waals surface area (Å²) in [6, 6.07) is 5.78. The lowest BCUT2D eigenvalue weighted by Gasteiger charge is -2.31. The van der Waals surface area contributed by atoms with Gasteiger partial charge in [0.25, 0.3) is 5.91 Å². The lowest BCUT2D eigenvalue weighted by Crippen LogP contribution is -2.41. The van der Waals surface area contributed by atoms with Gasteiger partial charge in [-0.1, -0.05) is 6.42 Å². The summed E-state index contributed by atoms with van der Waals surface area (Å²) in [5, 5.41) is 0. The second-order valence-electron chi connectivity index (χ2n) is 7.37. The van der Waals surface area contributed by atoms with Gasteiger partial charge in [0.1, 0.15) is 5.75 Å². The molecule has 0 unspecified atom stereocenters. The summed E-state index contributed by atoms with van der Waals surface area (Å²) in [7, 11) is 0. The molecule has 5 nitrogen and oxygen atoms in total. The van der Waals surface area contributed by atoms with Crippen molar-refractivity contribution in [1.29, 1.82) is 0 Å². The molecule has 4 rings (SSSR count). The summed E-state index contributed by atoms with van der Waals surface area (Å²) in [5.74, 6) is 1.52. The number of amides is 2. The molecule has 2 heterocycles. The van der Waals surface area contributed by atoms with Crippen molar-refractivity contribution in [3.05, 3.63) is 29.3 Å². The Morgan fingerprint density at radius 3 is 2.56 bits per heavy atom. The van der Waals surface area contributed by atoms with Gasteiger partial charge in [-0.15, -0.1) is 0 Å². The Labute approximate surface area is 148 Å². The van der Waals surface area contributed by atoms with Gasteiger partial charge in [-0.05, 0) is 55.9 Å². The molecule has 3 aliphatic rings. The minimum atomic E-state index is 0.0753. The Bertz CT molecular complexity index is 669. The average Bonchev–Trinajstić information content (AvgIpc) is 2.85. The highest BCUT2D eigenvalue weighted by Crippen LogP contribution is 2.29. The van der Waals surface area contributed by atoms with Crippen molar-refractivity contribution in [1.82, 2.24) is 9.80 Å². The van der Waals surface area contributed by atoms with Gasteiger partial charge in [0, 0.05) is 37.7 Å². The predicted molar refractivity (Wildman–Crippen MR) is 94.7 cm³/mol. The van der Waals surface area contributed by atoms with Crippen LogP contribution in [0.5, 0.6) is 5.75 Å². The van der Waals surface area contributed by atoms with Gasteiger partial charge in [0.2, 0.25) is 5.91 Å². The van der Waals surface area contributed by atoms with Crippen molar-refractivity contribution in [2.75, 3.05) is 32.8 Å². The van der Waals surface area contributed by atoms with Crippen molar-refractivity contribution in [3.8, 4) is 5.75 Å². The zero-order valence-electron chi connectivity index (χ0n) is 14.7. The summed E-state index contributed by atoms with van der Waals surface area (Å²) >= 11 is 0. The number of carbonyl (C=O) groups is 2. The fourth-order valence-corrected chi connectivity index (χ4v) is 3.93. The second-order valence-corrected chi connectivity index (χ2v) is 7.37. The van der Waals surface area contributed by atoms with Crippen LogP contribution in [0.25, 0.3) is 0 Å². The van der Waals surface area contributed by atoms with E-state index in [0.717, 1.165) is 68.7 Å². The quantitative estimate of drug-likeness (QED) is 0.830. The second kappa shape index (κ2) is 7.06. The van der Waals surface area contributed by atoms with Gasteiger partial charge >= 0.3 is 0 Å². The van der Waals surface area contributed by atoms with Crippen LogP contribution >= 0.6 is 0 Å². The predicted octanol–water partition coefficient (Wildman–Crippen LogP) is 2.49. The zero-order valence-corrected chi connectivity index (χ0v) is 14.7. The van der Waals surface area contributed by atoms with Crippen molar-refractivity contribution in [2.24, 2.45) is 5.92 Å². The SMILES string of the molecule is O=C(c1ccc2c(c1)CCCO2)N1CCCN(C(=O)C2CCC2)CC1. The molecule has 1 aromatic rings. The zero-order chi connectivity index (χ0) is 17.2. The molecule has 1 saturated heterocycles. The molecule has 1 aliphatic carbocycles. The van der Waals surface area contributed by atoms with Gasteiger partial charge in [0.05, 0.1) is 6.61 Å². The number of hydrogen-bond donors (Lipinski definition) is 0. The molecule has 134 valence electrons. The van der Waals surface area contributed by atoms with Gasteiger partial charge in [-0.3, -0.25) is 9.59 Å². The summed E-state index contributed by atoms with van der Waals surface area (Å²) in [5.41, 5.74) is 1.87. The van der Waals surface area contributed by atoms with E-state index in [0.29, 0.717) is 19.0 Å². The number of hydrogen-bond acceptors (Lipinski definition) is 3. The van der Waals surface area contributed by atoms with E-state index in [-0.39, 0.29) is 11.8 Å². The van der Waals surface area contributed by atoms with Crippen molar-refractivity contribution in [2.45, 2.75) is 38.5 Å². The molecule has 0 radical (unpaired) electrons. The van der Waals surface area contributed by atoms with Crippen LogP contribution in [0.3, 0.4) is 0 Å². The third-order valence-corrected chi connectivity index (χ3v) is 5.70. The van der Waals surface area contributed by atoms with Gasteiger partial charge in [-0.25, -0.2) is 0 Å². The summed E-state index contributed by atoms with van der Waals surface area (Å²) in [6.07, 6.45) is 6.09.